The fourth-order valence-electron chi connectivity index (χ4n) is 4.26. The second-order valence-electron chi connectivity index (χ2n) is 7.08. The van der Waals surface area contributed by atoms with E-state index in [1.807, 2.05) is 0 Å². The van der Waals surface area contributed by atoms with Gasteiger partial charge in [-0.05, 0) is 49.5 Å². The molecule has 2 fully saturated rings. The molecule has 2 aliphatic carbocycles. The lowest BCUT2D eigenvalue weighted by atomic mass is 9.71. The Morgan fingerprint density at radius 1 is 1.00 bits per heavy atom. The van der Waals surface area contributed by atoms with Crippen LogP contribution in [0.4, 0.5) is 0 Å². The van der Waals surface area contributed by atoms with Gasteiger partial charge in [0.1, 0.15) is 0 Å². The molecule has 0 aromatic rings. The highest BCUT2D eigenvalue weighted by Gasteiger charge is 2.31. The Hall–Kier alpha value is -0.0400. The van der Waals surface area contributed by atoms with Gasteiger partial charge in [0.15, 0.2) is 0 Å². The van der Waals surface area contributed by atoms with Crippen LogP contribution in [-0.4, -0.2) is 12.6 Å². The predicted octanol–water partition coefficient (Wildman–Crippen LogP) is 4.62. The largest absolute Gasteiger partial charge is 0.314 e. The number of hydrogen-bond acceptors (Lipinski definition) is 1. The third-order valence-corrected chi connectivity index (χ3v) is 5.74. The van der Waals surface area contributed by atoms with Crippen LogP contribution < -0.4 is 5.32 Å². The molecule has 0 bridgehead atoms. The van der Waals surface area contributed by atoms with Gasteiger partial charge in [-0.2, -0.15) is 0 Å². The van der Waals surface area contributed by atoms with Crippen molar-refractivity contribution >= 4 is 0 Å². The quantitative estimate of drug-likeness (QED) is 0.752. The third kappa shape index (κ3) is 3.73. The first kappa shape index (κ1) is 14.4. The fraction of sp³-hybridized carbons (Fsp3) is 1.00. The third-order valence-electron chi connectivity index (χ3n) is 5.74. The first-order valence-electron chi connectivity index (χ1n) is 8.44. The molecule has 0 aliphatic heterocycles. The zero-order valence-electron chi connectivity index (χ0n) is 12.8. The molecule has 0 amide bonds. The summed E-state index contributed by atoms with van der Waals surface area (Å²) in [4.78, 5) is 0. The van der Waals surface area contributed by atoms with Gasteiger partial charge in [-0.3, -0.25) is 0 Å². The van der Waals surface area contributed by atoms with Gasteiger partial charge in [-0.15, -0.1) is 0 Å². The van der Waals surface area contributed by atoms with Crippen molar-refractivity contribution in [2.24, 2.45) is 23.7 Å². The predicted molar refractivity (Wildman–Crippen MR) is 79.7 cm³/mol. The van der Waals surface area contributed by atoms with Gasteiger partial charge < -0.3 is 5.32 Å². The molecule has 4 atom stereocenters. The van der Waals surface area contributed by atoms with E-state index < -0.39 is 0 Å². The summed E-state index contributed by atoms with van der Waals surface area (Å²) >= 11 is 0. The summed E-state index contributed by atoms with van der Waals surface area (Å²) in [6.07, 6.45) is 11.8. The summed E-state index contributed by atoms with van der Waals surface area (Å²) in [5.74, 6) is 3.88. The van der Waals surface area contributed by atoms with Crippen molar-refractivity contribution in [3.63, 3.8) is 0 Å². The molecular weight excluding hydrogens is 218 g/mol. The zero-order chi connectivity index (χ0) is 13.0. The van der Waals surface area contributed by atoms with Crippen molar-refractivity contribution < 1.29 is 0 Å². The Morgan fingerprint density at radius 3 is 2.33 bits per heavy atom. The highest BCUT2D eigenvalue weighted by atomic mass is 14.9. The molecule has 0 saturated heterocycles. The molecule has 0 aromatic carbocycles. The average molecular weight is 251 g/mol. The fourth-order valence-corrected chi connectivity index (χ4v) is 4.26. The summed E-state index contributed by atoms with van der Waals surface area (Å²) in [5, 5.41) is 3.81. The van der Waals surface area contributed by atoms with Crippen molar-refractivity contribution in [2.45, 2.75) is 78.2 Å². The summed E-state index contributed by atoms with van der Waals surface area (Å²) < 4.78 is 0. The van der Waals surface area contributed by atoms with E-state index in [-0.39, 0.29) is 0 Å². The van der Waals surface area contributed by atoms with E-state index in [0.717, 1.165) is 36.3 Å². The van der Waals surface area contributed by atoms with E-state index in [1.54, 1.807) is 0 Å². The topological polar surface area (TPSA) is 12.0 Å². The Labute approximate surface area is 114 Å². The van der Waals surface area contributed by atoms with Crippen molar-refractivity contribution in [3.8, 4) is 0 Å². The molecule has 2 saturated carbocycles. The summed E-state index contributed by atoms with van der Waals surface area (Å²) in [6, 6.07) is 0.813. The first-order chi connectivity index (χ1) is 8.70. The number of nitrogens with one attached hydrogen (secondary N) is 1. The zero-order valence-corrected chi connectivity index (χ0v) is 12.8. The van der Waals surface area contributed by atoms with E-state index in [2.05, 4.69) is 26.1 Å². The van der Waals surface area contributed by atoms with Crippen LogP contribution in [-0.2, 0) is 0 Å². The van der Waals surface area contributed by atoms with E-state index >= 15 is 0 Å². The average Bonchev–Trinajstić information content (AvgIpc) is 2.85. The van der Waals surface area contributed by atoms with Crippen LogP contribution in [0.25, 0.3) is 0 Å². The van der Waals surface area contributed by atoms with Crippen molar-refractivity contribution in [2.75, 3.05) is 6.54 Å². The van der Waals surface area contributed by atoms with Crippen LogP contribution >= 0.6 is 0 Å². The lowest BCUT2D eigenvalue weighted by Gasteiger charge is -2.38. The van der Waals surface area contributed by atoms with Crippen LogP contribution in [0.5, 0.6) is 0 Å². The number of hydrogen-bond donors (Lipinski definition) is 1. The van der Waals surface area contributed by atoms with Crippen LogP contribution in [0.2, 0.25) is 0 Å². The van der Waals surface area contributed by atoms with E-state index in [0.29, 0.717) is 0 Å². The normalized spacial score (nSPS) is 35.8. The molecule has 4 unspecified atom stereocenters. The molecular formula is C17H33N. The van der Waals surface area contributed by atoms with Gasteiger partial charge in [-0.1, -0.05) is 52.9 Å². The smallest absolute Gasteiger partial charge is 0.00979 e. The maximum atomic E-state index is 3.81. The Kier molecular flexibility index (Phi) is 5.54. The Balaban J connectivity index is 1.87. The van der Waals surface area contributed by atoms with E-state index in [1.165, 1.54) is 51.4 Å². The highest BCUT2D eigenvalue weighted by molar-refractivity contribution is 4.86. The highest BCUT2D eigenvalue weighted by Crippen LogP contribution is 2.38. The van der Waals surface area contributed by atoms with E-state index in [4.69, 9.17) is 0 Å². The maximum absolute atomic E-state index is 3.81. The lowest BCUT2D eigenvalue weighted by molar-refractivity contribution is 0.158. The van der Waals surface area contributed by atoms with Crippen molar-refractivity contribution in [1.82, 2.24) is 5.32 Å². The molecule has 106 valence electrons. The van der Waals surface area contributed by atoms with Gasteiger partial charge >= 0.3 is 0 Å². The number of rotatable bonds is 5. The second-order valence-corrected chi connectivity index (χ2v) is 7.08. The SMILES string of the molecule is CCNC(CC1CCCC1)C1CCC(C)C(C)C1. The van der Waals surface area contributed by atoms with Crippen LogP contribution in [0.15, 0.2) is 0 Å². The van der Waals surface area contributed by atoms with Crippen molar-refractivity contribution in [3.05, 3.63) is 0 Å². The van der Waals surface area contributed by atoms with Crippen LogP contribution in [0, 0.1) is 23.7 Å². The van der Waals surface area contributed by atoms with Gasteiger partial charge in [0.05, 0.1) is 0 Å². The molecule has 0 heterocycles. The molecule has 2 rings (SSSR count). The minimum atomic E-state index is 0.813. The molecule has 0 aromatic heterocycles. The minimum absolute atomic E-state index is 0.813. The van der Waals surface area contributed by atoms with Crippen LogP contribution in [0.1, 0.15) is 72.1 Å². The molecule has 1 nitrogen and oxygen atoms in total. The first-order valence-corrected chi connectivity index (χ1v) is 8.44. The summed E-state index contributed by atoms with van der Waals surface area (Å²) in [7, 11) is 0. The molecule has 1 N–H and O–H groups in total. The maximum Gasteiger partial charge on any atom is 0.00979 e. The monoisotopic (exact) mass is 251 g/mol. The molecule has 18 heavy (non-hydrogen) atoms. The summed E-state index contributed by atoms with van der Waals surface area (Å²) in [6.45, 7) is 8.34. The molecule has 1 heteroatoms. The molecule has 0 radical (unpaired) electrons. The van der Waals surface area contributed by atoms with E-state index in [9.17, 15) is 0 Å². The Morgan fingerprint density at radius 2 is 1.72 bits per heavy atom. The molecule has 2 aliphatic rings. The Bertz CT molecular complexity index is 232. The van der Waals surface area contributed by atoms with Crippen LogP contribution in [0.3, 0.4) is 0 Å². The van der Waals surface area contributed by atoms with Gasteiger partial charge in [0.2, 0.25) is 0 Å². The lowest BCUT2D eigenvalue weighted by Crippen LogP contribution is -2.40. The molecule has 0 spiro atoms. The standard InChI is InChI=1S/C17H33N/c1-4-18-17(12-15-7-5-6-8-15)16-10-9-13(2)14(3)11-16/h13-18H,4-12H2,1-3H3. The van der Waals surface area contributed by atoms with Gasteiger partial charge in [0.25, 0.3) is 0 Å². The summed E-state index contributed by atoms with van der Waals surface area (Å²) in [5.41, 5.74) is 0. The second kappa shape index (κ2) is 6.93. The van der Waals surface area contributed by atoms with Gasteiger partial charge in [0, 0.05) is 6.04 Å². The van der Waals surface area contributed by atoms with Gasteiger partial charge in [-0.25, -0.2) is 0 Å². The minimum Gasteiger partial charge on any atom is -0.314 e. The van der Waals surface area contributed by atoms with Crippen molar-refractivity contribution in [1.29, 1.82) is 0 Å².